The second kappa shape index (κ2) is 4.60. The molecule has 3 rings (SSSR count). The fourth-order valence-electron chi connectivity index (χ4n) is 3.72. The highest BCUT2D eigenvalue weighted by Gasteiger charge is 2.46. The molecule has 1 spiro atoms. The van der Waals surface area contributed by atoms with Gasteiger partial charge in [0, 0.05) is 25.9 Å². The lowest BCUT2D eigenvalue weighted by molar-refractivity contribution is -0.191. The van der Waals surface area contributed by atoms with Crippen molar-refractivity contribution in [2.45, 2.75) is 57.8 Å². The van der Waals surface area contributed by atoms with Gasteiger partial charge in [0.25, 0.3) is 0 Å². The fraction of sp³-hybridized carbons (Fsp3) is 0.933. The first kappa shape index (κ1) is 14.1. The van der Waals surface area contributed by atoms with E-state index in [9.17, 15) is 4.79 Å². The van der Waals surface area contributed by atoms with Crippen molar-refractivity contribution in [3.8, 4) is 0 Å². The number of nitrogens with zero attached hydrogens (tertiary/aromatic N) is 1. The molecule has 0 aromatic carbocycles. The van der Waals surface area contributed by atoms with Crippen LogP contribution in [0.2, 0.25) is 0 Å². The zero-order valence-electron chi connectivity index (χ0n) is 12.8. The molecule has 1 aliphatic carbocycles. The van der Waals surface area contributed by atoms with Crippen molar-refractivity contribution < 1.29 is 14.3 Å². The molecule has 3 fully saturated rings. The van der Waals surface area contributed by atoms with Crippen LogP contribution < -0.4 is 5.32 Å². The molecule has 0 atom stereocenters. The number of rotatable bonds is 2. The molecular formula is C15H26N2O3. The molecule has 0 aromatic rings. The number of amides is 2. The van der Waals surface area contributed by atoms with Crippen molar-refractivity contribution in [3.05, 3.63) is 0 Å². The minimum absolute atomic E-state index is 0.0740. The second-order valence-electron chi connectivity index (χ2n) is 7.59. The van der Waals surface area contributed by atoms with Crippen LogP contribution in [0.1, 0.15) is 46.5 Å². The first-order valence-electron chi connectivity index (χ1n) is 7.67. The number of ether oxygens (including phenoxy) is 2. The van der Waals surface area contributed by atoms with E-state index in [0.29, 0.717) is 0 Å². The smallest absolute Gasteiger partial charge is 0.317 e. The van der Waals surface area contributed by atoms with Crippen LogP contribution in [0.5, 0.6) is 0 Å². The summed E-state index contributed by atoms with van der Waals surface area (Å²) >= 11 is 0. The minimum Gasteiger partial charge on any atom is -0.348 e. The van der Waals surface area contributed by atoms with Crippen molar-refractivity contribution in [1.29, 1.82) is 0 Å². The average molecular weight is 282 g/mol. The predicted octanol–water partition coefficient (Wildman–Crippen LogP) is 2.11. The van der Waals surface area contributed by atoms with E-state index in [2.05, 4.69) is 26.1 Å². The van der Waals surface area contributed by atoms with E-state index in [1.807, 2.05) is 4.90 Å². The summed E-state index contributed by atoms with van der Waals surface area (Å²) in [6.45, 7) is 9.50. The SMILES string of the molecule is CC1(CN2CC(C)(C)NC2=O)CCC2(CC1)OCCO2. The van der Waals surface area contributed by atoms with Crippen molar-refractivity contribution in [3.63, 3.8) is 0 Å². The molecule has 2 amide bonds. The minimum atomic E-state index is -0.313. The number of carbonyl (C=O) groups is 1. The maximum absolute atomic E-state index is 12.0. The van der Waals surface area contributed by atoms with E-state index in [-0.39, 0.29) is 22.8 Å². The summed E-state index contributed by atoms with van der Waals surface area (Å²) in [5.41, 5.74) is 0.0688. The number of nitrogens with one attached hydrogen (secondary N) is 1. The quantitative estimate of drug-likeness (QED) is 0.844. The van der Waals surface area contributed by atoms with Crippen LogP contribution >= 0.6 is 0 Å². The van der Waals surface area contributed by atoms with Crippen LogP contribution in [0.25, 0.3) is 0 Å². The normalized spacial score (nSPS) is 30.8. The Balaban J connectivity index is 1.59. The molecule has 1 saturated carbocycles. The van der Waals surface area contributed by atoms with E-state index in [1.165, 1.54) is 0 Å². The summed E-state index contributed by atoms with van der Waals surface area (Å²) in [6.07, 6.45) is 4.00. The van der Waals surface area contributed by atoms with Gasteiger partial charge in [-0.15, -0.1) is 0 Å². The Morgan fingerprint density at radius 2 is 1.70 bits per heavy atom. The first-order valence-corrected chi connectivity index (χ1v) is 7.67. The predicted molar refractivity (Wildman–Crippen MR) is 75.4 cm³/mol. The molecule has 5 heteroatoms. The van der Waals surface area contributed by atoms with E-state index >= 15 is 0 Å². The van der Waals surface area contributed by atoms with Crippen LogP contribution in [0.15, 0.2) is 0 Å². The van der Waals surface area contributed by atoms with Gasteiger partial charge in [0.2, 0.25) is 0 Å². The molecule has 0 unspecified atom stereocenters. The molecule has 2 heterocycles. The maximum Gasteiger partial charge on any atom is 0.317 e. The highest BCUT2D eigenvalue weighted by atomic mass is 16.7. The summed E-state index contributed by atoms with van der Waals surface area (Å²) in [6, 6.07) is 0.0740. The number of carbonyl (C=O) groups excluding carboxylic acids is 1. The molecule has 0 radical (unpaired) electrons. The van der Waals surface area contributed by atoms with Gasteiger partial charge < -0.3 is 19.7 Å². The Morgan fingerprint density at radius 3 is 2.20 bits per heavy atom. The summed E-state index contributed by atoms with van der Waals surface area (Å²) in [5, 5.41) is 3.04. The van der Waals surface area contributed by atoms with Crippen molar-refractivity contribution in [2.75, 3.05) is 26.3 Å². The van der Waals surface area contributed by atoms with E-state index in [4.69, 9.17) is 9.47 Å². The third kappa shape index (κ3) is 2.66. The van der Waals surface area contributed by atoms with Gasteiger partial charge in [-0.2, -0.15) is 0 Å². The van der Waals surface area contributed by atoms with Crippen LogP contribution in [0.3, 0.4) is 0 Å². The molecule has 20 heavy (non-hydrogen) atoms. The number of hydrogen-bond acceptors (Lipinski definition) is 3. The third-order valence-corrected chi connectivity index (χ3v) is 4.92. The Labute approximate surface area is 121 Å². The van der Waals surface area contributed by atoms with Gasteiger partial charge in [-0.3, -0.25) is 0 Å². The Morgan fingerprint density at radius 1 is 1.10 bits per heavy atom. The maximum atomic E-state index is 12.0. The fourth-order valence-corrected chi connectivity index (χ4v) is 3.72. The third-order valence-electron chi connectivity index (χ3n) is 4.92. The molecule has 114 valence electrons. The van der Waals surface area contributed by atoms with E-state index in [0.717, 1.165) is 52.0 Å². The summed E-state index contributed by atoms with van der Waals surface area (Å²) in [5.74, 6) is -0.313. The van der Waals surface area contributed by atoms with Crippen LogP contribution in [0.4, 0.5) is 4.79 Å². The lowest BCUT2D eigenvalue weighted by atomic mass is 9.73. The van der Waals surface area contributed by atoms with Gasteiger partial charge in [0.05, 0.1) is 18.8 Å². The van der Waals surface area contributed by atoms with Crippen LogP contribution in [-0.2, 0) is 9.47 Å². The molecule has 1 N–H and O–H groups in total. The molecule has 3 aliphatic rings. The monoisotopic (exact) mass is 282 g/mol. The van der Waals surface area contributed by atoms with Gasteiger partial charge >= 0.3 is 6.03 Å². The van der Waals surface area contributed by atoms with Crippen LogP contribution in [0, 0.1) is 5.41 Å². The first-order chi connectivity index (χ1) is 9.32. The standard InChI is InChI=1S/C15H26N2O3/c1-13(2)10-17(12(18)16-13)11-14(3)4-6-15(7-5-14)19-8-9-20-15/h4-11H2,1-3H3,(H,16,18). The number of urea groups is 1. The molecule has 5 nitrogen and oxygen atoms in total. The van der Waals surface area contributed by atoms with Gasteiger partial charge in [-0.05, 0) is 32.1 Å². The zero-order chi connectivity index (χ0) is 14.4. The summed E-state index contributed by atoms with van der Waals surface area (Å²) in [7, 11) is 0. The Bertz CT molecular complexity index is 392. The average Bonchev–Trinajstić information content (AvgIpc) is 2.90. The van der Waals surface area contributed by atoms with Crippen molar-refractivity contribution >= 4 is 6.03 Å². The van der Waals surface area contributed by atoms with Crippen molar-refractivity contribution in [2.24, 2.45) is 5.41 Å². The lowest BCUT2D eigenvalue weighted by Gasteiger charge is -2.43. The highest BCUT2D eigenvalue weighted by Crippen LogP contribution is 2.45. The number of hydrogen-bond donors (Lipinski definition) is 1. The van der Waals surface area contributed by atoms with Gasteiger partial charge in [-0.1, -0.05) is 6.92 Å². The molecule has 0 aromatic heterocycles. The van der Waals surface area contributed by atoms with Gasteiger partial charge in [0.15, 0.2) is 5.79 Å². The largest absolute Gasteiger partial charge is 0.348 e. The van der Waals surface area contributed by atoms with E-state index in [1.54, 1.807) is 0 Å². The topological polar surface area (TPSA) is 50.8 Å². The summed E-state index contributed by atoms with van der Waals surface area (Å²) in [4.78, 5) is 14.0. The Kier molecular flexibility index (Phi) is 3.25. The molecule has 2 saturated heterocycles. The zero-order valence-corrected chi connectivity index (χ0v) is 12.8. The van der Waals surface area contributed by atoms with Gasteiger partial charge in [-0.25, -0.2) is 4.79 Å². The molecule has 0 bridgehead atoms. The molecular weight excluding hydrogens is 256 g/mol. The highest BCUT2D eigenvalue weighted by molar-refractivity contribution is 5.77. The summed E-state index contributed by atoms with van der Waals surface area (Å²) < 4.78 is 11.6. The Hall–Kier alpha value is -0.810. The second-order valence-corrected chi connectivity index (χ2v) is 7.59. The van der Waals surface area contributed by atoms with E-state index < -0.39 is 0 Å². The van der Waals surface area contributed by atoms with Crippen LogP contribution in [-0.4, -0.2) is 48.6 Å². The lowest BCUT2D eigenvalue weighted by Crippen LogP contribution is -2.45. The van der Waals surface area contributed by atoms with Gasteiger partial charge in [0.1, 0.15) is 0 Å². The molecule has 2 aliphatic heterocycles. The van der Waals surface area contributed by atoms with Crippen molar-refractivity contribution in [1.82, 2.24) is 10.2 Å².